The first-order valence-electron chi connectivity index (χ1n) is 9.99. The van der Waals surface area contributed by atoms with Crippen LogP contribution in [0.1, 0.15) is 23.0 Å². The molecule has 2 heterocycles. The molecule has 1 amide bonds. The number of hydrogen-bond acceptors (Lipinski definition) is 5. The van der Waals surface area contributed by atoms with Crippen LogP contribution in [0.2, 0.25) is 0 Å². The van der Waals surface area contributed by atoms with Gasteiger partial charge in [-0.25, -0.2) is 17.8 Å². The fourth-order valence-corrected chi connectivity index (χ4v) is 5.76. The summed E-state index contributed by atoms with van der Waals surface area (Å²) < 4.78 is 40.7. The number of rotatable bonds is 5. The second-order valence-corrected chi connectivity index (χ2v) is 9.98. The molecule has 1 aliphatic rings. The van der Waals surface area contributed by atoms with Crippen LogP contribution in [0.5, 0.6) is 0 Å². The third kappa shape index (κ3) is 4.39. The van der Waals surface area contributed by atoms with Crippen molar-refractivity contribution in [2.24, 2.45) is 0 Å². The lowest BCUT2D eigenvalue weighted by Gasteiger charge is -2.33. The zero-order valence-electron chi connectivity index (χ0n) is 17.0. The van der Waals surface area contributed by atoms with Gasteiger partial charge in [0.15, 0.2) is 0 Å². The Morgan fingerprint density at radius 3 is 2.39 bits per heavy atom. The molecule has 4 rings (SSSR count). The van der Waals surface area contributed by atoms with Crippen molar-refractivity contribution in [3.05, 3.63) is 71.0 Å². The van der Waals surface area contributed by atoms with Crippen LogP contribution in [0.25, 0.3) is 10.6 Å². The number of sulfonamides is 1. The molecule has 0 saturated carbocycles. The number of halogens is 1. The Hall–Kier alpha value is -2.62. The largest absolute Gasteiger partial charge is 0.335 e. The van der Waals surface area contributed by atoms with Crippen molar-refractivity contribution in [2.45, 2.75) is 18.2 Å². The average Bonchev–Trinajstić information content (AvgIpc) is 3.29. The molecule has 6 nitrogen and oxygen atoms in total. The molecule has 1 fully saturated rings. The molecular formula is C22H22FN3O3S2. The van der Waals surface area contributed by atoms with Gasteiger partial charge in [-0.1, -0.05) is 43.3 Å². The summed E-state index contributed by atoms with van der Waals surface area (Å²) in [4.78, 5) is 18.6. The fraction of sp³-hybridized carbons (Fsp3) is 0.273. The predicted molar refractivity (Wildman–Crippen MR) is 118 cm³/mol. The van der Waals surface area contributed by atoms with Gasteiger partial charge in [-0.3, -0.25) is 4.79 Å². The van der Waals surface area contributed by atoms with Crippen molar-refractivity contribution in [1.82, 2.24) is 14.2 Å². The molecule has 0 aliphatic carbocycles. The summed E-state index contributed by atoms with van der Waals surface area (Å²) in [6.45, 7) is 2.77. The van der Waals surface area contributed by atoms with Crippen LogP contribution in [0.15, 0.2) is 58.8 Å². The van der Waals surface area contributed by atoms with Crippen LogP contribution in [0, 0.1) is 5.82 Å². The van der Waals surface area contributed by atoms with E-state index < -0.39 is 15.8 Å². The van der Waals surface area contributed by atoms with E-state index in [-0.39, 0.29) is 37.0 Å². The van der Waals surface area contributed by atoms with E-state index in [9.17, 15) is 17.6 Å². The molecule has 1 saturated heterocycles. The number of carbonyl (C=O) groups is 1. The molecule has 162 valence electrons. The monoisotopic (exact) mass is 459 g/mol. The first kappa shape index (κ1) is 21.6. The van der Waals surface area contributed by atoms with Gasteiger partial charge in [0, 0.05) is 37.1 Å². The third-order valence-corrected chi connectivity index (χ3v) is 8.14. The minimum Gasteiger partial charge on any atom is -0.335 e. The molecule has 0 unspecified atom stereocenters. The number of amides is 1. The van der Waals surface area contributed by atoms with Crippen LogP contribution in [-0.2, 0) is 16.4 Å². The highest BCUT2D eigenvalue weighted by Gasteiger charge is 2.32. The molecular weight excluding hydrogens is 437 g/mol. The standard InChI is InChI=1S/C22H22FN3O3S2/c1-2-16-7-9-17(10-8-16)21-24-19(15-30-21)22(27)25-11-13-26(14-12-25)31(28,29)20-6-4-3-5-18(20)23/h3-10,15H,2,11-14H2,1H3. The summed E-state index contributed by atoms with van der Waals surface area (Å²) in [5.41, 5.74) is 2.55. The topological polar surface area (TPSA) is 70.6 Å². The van der Waals surface area contributed by atoms with Crippen molar-refractivity contribution in [3.63, 3.8) is 0 Å². The summed E-state index contributed by atoms with van der Waals surface area (Å²) in [6.07, 6.45) is 0.959. The molecule has 2 aromatic carbocycles. The maximum Gasteiger partial charge on any atom is 0.273 e. The second kappa shape index (κ2) is 8.86. The molecule has 0 spiro atoms. The maximum atomic E-state index is 14.0. The molecule has 0 atom stereocenters. The Balaban J connectivity index is 1.43. The minimum absolute atomic E-state index is 0.109. The van der Waals surface area contributed by atoms with Crippen molar-refractivity contribution in [1.29, 1.82) is 0 Å². The van der Waals surface area contributed by atoms with Gasteiger partial charge in [0.1, 0.15) is 21.4 Å². The van der Waals surface area contributed by atoms with Crippen molar-refractivity contribution in [2.75, 3.05) is 26.2 Å². The summed E-state index contributed by atoms with van der Waals surface area (Å²) in [5, 5.41) is 2.50. The van der Waals surface area contributed by atoms with Gasteiger partial charge in [-0.15, -0.1) is 11.3 Å². The highest BCUT2D eigenvalue weighted by molar-refractivity contribution is 7.89. The van der Waals surface area contributed by atoms with Crippen LogP contribution >= 0.6 is 11.3 Å². The van der Waals surface area contributed by atoms with Gasteiger partial charge in [0.25, 0.3) is 5.91 Å². The normalized spacial score (nSPS) is 15.2. The van der Waals surface area contributed by atoms with E-state index in [1.807, 2.05) is 24.3 Å². The van der Waals surface area contributed by atoms with Crippen LogP contribution < -0.4 is 0 Å². The molecule has 0 radical (unpaired) electrons. The van der Waals surface area contributed by atoms with Gasteiger partial charge in [0.05, 0.1) is 0 Å². The molecule has 1 aromatic heterocycles. The first-order chi connectivity index (χ1) is 14.9. The lowest BCUT2D eigenvalue weighted by Crippen LogP contribution is -2.50. The number of carbonyl (C=O) groups excluding carboxylic acids is 1. The van der Waals surface area contributed by atoms with E-state index >= 15 is 0 Å². The van der Waals surface area contributed by atoms with E-state index in [0.29, 0.717) is 5.69 Å². The van der Waals surface area contributed by atoms with Crippen LogP contribution in [-0.4, -0.2) is 54.7 Å². The van der Waals surface area contributed by atoms with Gasteiger partial charge < -0.3 is 4.90 Å². The third-order valence-electron chi connectivity index (χ3n) is 5.31. The molecule has 9 heteroatoms. The minimum atomic E-state index is -3.94. The maximum absolute atomic E-state index is 14.0. The predicted octanol–water partition coefficient (Wildman–Crippen LogP) is 3.66. The van der Waals surface area contributed by atoms with E-state index in [2.05, 4.69) is 11.9 Å². The Bertz CT molecular complexity index is 1180. The lowest BCUT2D eigenvalue weighted by atomic mass is 10.1. The number of aryl methyl sites for hydroxylation is 1. The summed E-state index contributed by atoms with van der Waals surface area (Å²) in [7, 11) is -3.94. The zero-order chi connectivity index (χ0) is 22.0. The van der Waals surface area contributed by atoms with Crippen molar-refractivity contribution in [3.8, 4) is 10.6 Å². The molecule has 3 aromatic rings. The van der Waals surface area contributed by atoms with Crippen LogP contribution in [0.3, 0.4) is 0 Å². The number of nitrogens with zero attached hydrogens (tertiary/aromatic N) is 3. The smallest absolute Gasteiger partial charge is 0.273 e. The Kier molecular flexibility index (Phi) is 6.17. The van der Waals surface area contributed by atoms with Crippen LogP contribution in [0.4, 0.5) is 4.39 Å². The lowest BCUT2D eigenvalue weighted by molar-refractivity contribution is 0.0692. The quantitative estimate of drug-likeness (QED) is 0.584. The van der Waals surface area contributed by atoms with Gasteiger partial charge in [0.2, 0.25) is 10.0 Å². The second-order valence-electron chi connectivity index (χ2n) is 7.22. The van der Waals surface area contributed by atoms with E-state index in [1.165, 1.54) is 39.4 Å². The number of aromatic nitrogens is 1. The van der Waals surface area contributed by atoms with Crippen molar-refractivity contribution < 1.29 is 17.6 Å². The highest BCUT2D eigenvalue weighted by atomic mass is 32.2. The van der Waals surface area contributed by atoms with E-state index in [4.69, 9.17) is 0 Å². The Morgan fingerprint density at radius 1 is 1.06 bits per heavy atom. The molecule has 1 aliphatic heterocycles. The van der Waals surface area contributed by atoms with Gasteiger partial charge in [-0.2, -0.15) is 4.31 Å². The van der Waals surface area contributed by atoms with Gasteiger partial charge in [-0.05, 0) is 24.1 Å². The zero-order valence-corrected chi connectivity index (χ0v) is 18.6. The molecule has 31 heavy (non-hydrogen) atoms. The number of piperazine rings is 1. The molecule has 0 bridgehead atoms. The SMILES string of the molecule is CCc1ccc(-c2nc(C(=O)N3CCN(S(=O)(=O)c4ccccc4F)CC3)cs2)cc1. The van der Waals surface area contributed by atoms with E-state index in [1.54, 1.807) is 10.3 Å². The van der Waals surface area contributed by atoms with Gasteiger partial charge >= 0.3 is 0 Å². The summed E-state index contributed by atoms with van der Waals surface area (Å²) in [6, 6.07) is 13.4. The number of benzene rings is 2. The number of thiazole rings is 1. The molecule has 0 N–H and O–H groups in total. The first-order valence-corrected chi connectivity index (χ1v) is 12.3. The summed E-state index contributed by atoms with van der Waals surface area (Å²) >= 11 is 1.41. The fourth-order valence-electron chi connectivity index (χ4n) is 3.47. The average molecular weight is 460 g/mol. The highest BCUT2D eigenvalue weighted by Crippen LogP contribution is 2.26. The Labute approximate surface area is 185 Å². The Morgan fingerprint density at radius 2 is 1.74 bits per heavy atom. The number of hydrogen-bond donors (Lipinski definition) is 0. The van der Waals surface area contributed by atoms with E-state index in [0.717, 1.165) is 23.1 Å². The van der Waals surface area contributed by atoms with Crippen molar-refractivity contribution >= 4 is 27.3 Å². The summed E-state index contributed by atoms with van der Waals surface area (Å²) in [5.74, 6) is -1.00.